The Hall–Kier alpha value is -2.69. The summed E-state index contributed by atoms with van der Waals surface area (Å²) in [5, 5.41) is 15.0. The molecule has 2 aromatic heterocycles. The molecule has 10 heteroatoms. The fourth-order valence-corrected chi connectivity index (χ4v) is 5.99. The van der Waals surface area contributed by atoms with Crippen LogP contribution in [0.15, 0.2) is 24.3 Å². The van der Waals surface area contributed by atoms with Gasteiger partial charge in [-0.05, 0) is 38.9 Å². The van der Waals surface area contributed by atoms with Gasteiger partial charge >= 0.3 is 0 Å². The van der Waals surface area contributed by atoms with Gasteiger partial charge in [-0.3, -0.25) is 4.79 Å². The maximum Gasteiger partial charge on any atom is 0.225 e. The summed E-state index contributed by atoms with van der Waals surface area (Å²) in [5.74, 6) is 0.465. The Morgan fingerprint density at radius 2 is 1.80 bits per heavy atom. The lowest BCUT2D eigenvalue weighted by molar-refractivity contribution is -0.137. The molecule has 35 heavy (non-hydrogen) atoms. The lowest BCUT2D eigenvalue weighted by Crippen LogP contribution is -2.50. The SMILES string of the molecule is Cc1c(-c2ccc(N(C)CCO)cc2)nc2sc(N3CCC(C(=O)N4CCN(C)CC4)CC3)nn12. The molecule has 0 spiro atoms. The molecule has 1 amide bonds. The molecule has 2 saturated heterocycles. The monoisotopic (exact) mass is 497 g/mol. The maximum atomic E-state index is 13.0. The van der Waals surface area contributed by atoms with E-state index in [1.807, 2.05) is 16.5 Å². The number of anilines is 2. The third-order valence-electron chi connectivity index (χ3n) is 7.36. The number of hydrogen-bond donors (Lipinski definition) is 1. The van der Waals surface area contributed by atoms with Crippen LogP contribution in [-0.2, 0) is 4.79 Å². The van der Waals surface area contributed by atoms with Crippen molar-refractivity contribution in [2.75, 3.05) is 76.3 Å². The minimum absolute atomic E-state index is 0.131. The Kier molecular flexibility index (Phi) is 6.95. The molecule has 0 radical (unpaired) electrons. The first-order valence-electron chi connectivity index (χ1n) is 12.5. The standard InChI is InChI=1S/C25H35N7O2S/c1-18-22(19-4-6-21(7-5-19)29(3)16-17-33)26-24-32(18)27-25(35-24)31-10-8-20(9-11-31)23(34)30-14-12-28(2)13-15-30/h4-7,20,33H,8-17H2,1-3H3. The van der Waals surface area contributed by atoms with Gasteiger partial charge in [0.2, 0.25) is 16.0 Å². The van der Waals surface area contributed by atoms with Gasteiger partial charge in [0.25, 0.3) is 0 Å². The van der Waals surface area contributed by atoms with E-state index in [0.29, 0.717) is 12.5 Å². The summed E-state index contributed by atoms with van der Waals surface area (Å²) in [6.07, 6.45) is 1.77. The number of aryl methyl sites for hydroxylation is 1. The van der Waals surface area contributed by atoms with E-state index in [2.05, 4.69) is 52.9 Å². The van der Waals surface area contributed by atoms with Crippen LogP contribution in [0.3, 0.4) is 0 Å². The van der Waals surface area contributed by atoms with Gasteiger partial charge in [0.05, 0.1) is 18.0 Å². The van der Waals surface area contributed by atoms with Crippen LogP contribution in [0.4, 0.5) is 10.8 Å². The van der Waals surface area contributed by atoms with Crippen LogP contribution in [-0.4, -0.2) is 102 Å². The Labute approximate surface area is 210 Å². The zero-order valence-electron chi connectivity index (χ0n) is 20.9. The first kappa shape index (κ1) is 24.0. The lowest BCUT2D eigenvalue weighted by Gasteiger charge is -2.37. The second-order valence-corrected chi connectivity index (χ2v) is 10.6. The van der Waals surface area contributed by atoms with E-state index in [1.54, 1.807) is 11.3 Å². The molecule has 0 aliphatic carbocycles. The number of aliphatic hydroxyl groups excluding tert-OH is 1. The van der Waals surface area contributed by atoms with Crippen molar-refractivity contribution in [2.24, 2.45) is 5.92 Å². The van der Waals surface area contributed by atoms with Gasteiger partial charge in [0.1, 0.15) is 0 Å². The number of fused-ring (bicyclic) bond motifs is 1. The number of hydrogen-bond acceptors (Lipinski definition) is 8. The van der Waals surface area contributed by atoms with Gasteiger partial charge in [-0.1, -0.05) is 23.5 Å². The van der Waals surface area contributed by atoms with Crippen molar-refractivity contribution >= 4 is 33.0 Å². The average Bonchev–Trinajstić information content (AvgIpc) is 3.44. The number of nitrogens with zero attached hydrogens (tertiary/aromatic N) is 7. The van der Waals surface area contributed by atoms with Crippen LogP contribution in [0.25, 0.3) is 16.2 Å². The maximum absolute atomic E-state index is 13.0. The van der Waals surface area contributed by atoms with Crippen LogP contribution in [0.2, 0.25) is 0 Å². The molecule has 2 aliphatic heterocycles. The quantitative estimate of drug-likeness (QED) is 0.559. The zero-order valence-corrected chi connectivity index (χ0v) is 21.7. The second kappa shape index (κ2) is 10.1. The number of imidazole rings is 1. The van der Waals surface area contributed by atoms with Gasteiger partial charge in [0.15, 0.2) is 0 Å². The smallest absolute Gasteiger partial charge is 0.225 e. The van der Waals surface area contributed by atoms with Crippen molar-refractivity contribution in [3.63, 3.8) is 0 Å². The minimum Gasteiger partial charge on any atom is -0.395 e. The third kappa shape index (κ3) is 4.87. The van der Waals surface area contributed by atoms with E-state index in [9.17, 15) is 4.79 Å². The molecule has 1 N–H and O–H groups in total. The van der Waals surface area contributed by atoms with Crippen molar-refractivity contribution in [3.05, 3.63) is 30.0 Å². The molecule has 0 saturated carbocycles. The number of piperidine rings is 1. The molecule has 1 aromatic carbocycles. The number of aliphatic hydroxyl groups is 1. The van der Waals surface area contributed by atoms with Crippen LogP contribution in [0.1, 0.15) is 18.5 Å². The normalized spacial score (nSPS) is 17.9. The highest BCUT2D eigenvalue weighted by atomic mass is 32.1. The highest BCUT2D eigenvalue weighted by Crippen LogP contribution is 2.32. The zero-order chi connectivity index (χ0) is 24.5. The summed E-state index contributed by atoms with van der Waals surface area (Å²) in [6.45, 7) is 8.15. The summed E-state index contributed by atoms with van der Waals surface area (Å²) in [7, 11) is 4.09. The van der Waals surface area contributed by atoms with E-state index in [-0.39, 0.29) is 12.5 Å². The first-order chi connectivity index (χ1) is 16.9. The fraction of sp³-hybridized carbons (Fsp3) is 0.560. The number of amides is 1. The molecular formula is C25H35N7O2S. The van der Waals surface area contributed by atoms with Crippen LogP contribution < -0.4 is 9.80 Å². The molecule has 0 unspecified atom stereocenters. The summed E-state index contributed by atoms with van der Waals surface area (Å²) >= 11 is 1.62. The van der Waals surface area contributed by atoms with Crippen molar-refractivity contribution in [3.8, 4) is 11.3 Å². The lowest BCUT2D eigenvalue weighted by atomic mass is 9.95. The third-order valence-corrected chi connectivity index (χ3v) is 8.33. The van der Waals surface area contributed by atoms with Crippen LogP contribution in [0, 0.1) is 12.8 Å². The molecule has 9 nitrogen and oxygen atoms in total. The molecule has 0 bridgehead atoms. The van der Waals surface area contributed by atoms with Gasteiger partial charge in [-0.15, -0.1) is 5.10 Å². The predicted molar refractivity (Wildman–Crippen MR) is 140 cm³/mol. The highest BCUT2D eigenvalue weighted by Gasteiger charge is 2.31. The second-order valence-electron chi connectivity index (χ2n) is 9.71. The van der Waals surface area contributed by atoms with Crippen molar-refractivity contribution in [1.82, 2.24) is 24.4 Å². The molecular weight excluding hydrogens is 462 g/mol. The van der Waals surface area contributed by atoms with Gasteiger partial charge in [0, 0.05) is 70.0 Å². The van der Waals surface area contributed by atoms with Gasteiger partial charge in [-0.25, -0.2) is 9.50 Å². The number of likely N-dealkylation sites (N-methyl/N-ethyl adjacent to an activating group) is 2. The van der Waals surface area contributed by atoms with Gasteiger partial charge in [-0.2, -0.15) is 0 Å². The molecule has 3 aromatic rings. The first-order valence-corrected chi connectivity index (χ1v) is 13.3. The Morgan fingerprint density at radius 3 is 2.43 bits per heavy atom. The van der Waals surface area contributed by atoms with Crippen molar-refractivity contribution < 1.29 is 9.90 Å². The highest BCUT2D eigenvalue weighted by molar-refractivity contribution is 7.20. The fourth-order valence-electron chi connectivity index (χ4n) is 5.00. The predicted octanol–water partition coefficient (Wildman–Crippen LogP) is 2.19. The molecule has 2 aliphatic rings. The largest absolute Gasteiger partial charge is 0.395 e. The molecule has 2 fully saturated rings. The topological polar surface area (TPSA) is 80.5 Å². The number of rotatable bonds is 6. The van der Waals surface area contributed by atoms with Gasteiger partial charge < -0.3 is 24.7 Å². The Morgan fingerprint density at radius 1 is 1.11 bits per heavy atom. The minimum atomic E-state index is 0.131. The van der Waals surface area contributed by atoms with Crippen molar-refractivity contribution in [2.45, 2.75) is 19.8 Å². The van der Waals surface area contributed by atoms with Crippen LogP contribution >= 0.6 is 11.3 Å². The molecule has 4 heterocycles. The molecule has 5 rings (SSSR count). The number of benzene rings is 1. The number of carbonyl (C=O) groups excluding carboxylic acids is 1. The van der Waals surface area contributed by atoms with Crippen LogP contribution in [0.5, 0.6) is 0 Å². The summed E-state index contributed by atoms with van der Waals surface area (Å²) in [6, 6.07) is 8.27. The summed E-state index contributed by atoms with van der Waals surface area (Å²) in [5.41, 5.74) is 4.10. The molecule has 188 valence electrons. The number of carbonyl (C=O) groups is 1. The van der Waals surface area contributed by atoms with E-state index in [4.69, 9.17) is 15.2 Å². The number of aromatic nitrogens is 3. The molecule has 0 atom stereocenters. The Bertz CT molecular complexity index is 1160. The summed E-state index contributed by atoms with van der Waals surface area (Å²) < 4.78 is 1.95. The Balaban J connectivity index is 1.24. The van der Waals surface area contributed by atoms with E-state index in [0.717, 1.165) is 84.8 Å². The number of piperazine rings is 1. The average molecular weight is 498 g/mol. The van der Waals surface area contributed by atoms with E-state index in [1.165, 1.54) is 0 Å². The van der Waals surface area contributed by atoms with E-state index >= 15 is 0 Å². The summed E-state index contributed by atoms with van der Waals surface area (Å²) in [4.78, 5) is 27.4. The van der Waals surface area contributed by atoms with Crippen molar-refractivity contribution in [1.29, 1.82) is 0 Å². The van der Waals surface area contributed by atoms with E-state index < -0.39 is 0 Å².